The molecule has 3 heterocycles. The van der Waals surface area contributed by atoms with Gasteiger partial charge in [-0.2, -0.15) is 10.1 Å². The van der Waals surface area contributed by atoms with E-state index in [-0.39, 0.29) is 12.1 Å². The van der Waals surface area contributed by atoms with Crippen LogP contribution >= 0.6 is 0 Å². The predicted molar refractivity (Wildman–Crippen MR) is 119 cm³/mol. The Hall–Kier alpha value is -3.17. The lowest BCUT2D eigenvalue weighted by Gasteiger charge is -2.21. The van der Waals surface area contributed by atoms with E-state index >= 15 is 0 Å². The second-order valence-electron chi connectivity index (χ2n) is 9.20. The van der Waals surface area contributed by atoms with E-state index < -0.39 is 11.7 Å². The van der Waals surface area contributed by atoms with E-state index in [1.807, 2.05) is 50.2 Å². The summed E-state index contributed by atoms with van der Waals surface area (Å²) in [5.41, 5.74) is 2.81. The zero-order chi connectivity index (χ0) is 23.0. The van der Waals surface area contributed by atoms with Crippen LogP contribution in [0.4, 0.5) is 4.79 Å². The molecule has 4 rings (SSSR count). The van der Waals surface area contributed by atoms with Gasteiger partial charge in [0.2, 0.25) is 5.88 Å². The maximum Gasteiger partial charge on any atom is 0.407 e. The summed E-state index contributed by atoms with van der Waals surface area (Å²) in [5.74, 6) is 1.23. The molecule has 10 heteroatoms. The smallest absolute Gasteiger partial charge is 0.407 e. The molecule has 1 fully saturated rings. The number of fused-ring (bicyclic) bond motifs is 1. The predicted octanol–water partition coefficient (Wildman–Crippen LogP) is 3.38. The van der Waals surface area contributed by atoms with Crippen molar-refractivity contribution >= 4 is 17.3 Å². The maximum atomic E-state index is 12.1. The fraction of sp³-hybridized carbons (Fsp3) is 0.591. The third-order valence-electron chi connectivity index (χ3n) is 5.65. The van der Waals surface area contributed by atoms with Gasteiger partial charge >= 0.3 is 6.09 Å². The summed E-state index contributed by atoms with van der Waals surface area (Å²) in [6.45, 7) is 10.4. The minimum atomic E-state index is -0.520. The summed E-state index contributed by atoms with van der Waals surface area (Å²) in [4.78, 5) is 25.6. The number of carbonyl (C=O) groups excluding carboxylic acids is 1. The van der Waals surface area contributed by atoms with Gasteiger partial charge in [-0.25, -0.2) is 14.8 Å². The lowest BCUT2D eigenvalue weighted by molar-refractivity contribution is 0.0503. The number of aromatic nitrogens is 6. The summed E-state index contributed by atoms with van der Waals surface area (Å²) in [7, 11) is 1.93. The molecule has 2 unspecified atom stereocenters. The van der Waals surface area contributed by atoms with Crippen molar-refractivity contribution in [3.05, 3.63) is 18.2 Å². The van der Waals surface area contributed by atoms with Gasteiger partial charge in [0.05, 0.1) is 11.8 Å². The highest BCUT2D eigenvalue weighted by Crippen LogP contribution is 2.31. The highest BCUT2D eigenvalue weighted by molar-refractivity contribution is 5.81. The summed E-state index contributed by atoms with van der Waals surface area (Å²) in [5, 5.41) is 7.37. The monoisotopic (exact) mass is 441 g/mol. The van der Waals surface area contributed by atoms with E-state index in [9.17, 15) is 4.79 Å². The van der Waals surface area contributed by atoms with Crippen LogP contribution in [0.3, 0.4) is 0 Å². The molecule has 1 N–H and O–H groups in total. The van der Waals surface area contributed by atoms with Crippen LogP contribution in [0.1, 0.15) is 52.7 Å². The summed E-state index contributed by atoms with van der Waals surface area (Å²) >= 11 is 0. The van der Waals surface area contributed by atoms with Crippen LogP contribution in [0.25, 0.3) is 22.6 Å². The fourth-order valence-electron chi connectivity index (χ4n) is 4.10. The Kier molecular flexibility index (Phi) is 5.79. The molecular formula is C22H31N7O3. The normalized spacial score (nSPS) is 18.8. The van der Waals surface area contributed by atoms with Crippen molar-refractivity contribution in [2.75, 3.05) is 0 Å². The van der Waals surface area contributed by atoms with Crippen LogP contribution in [-0.2, 0) is 18.3 Å². The number of hydrogen-bond donors (Lipinski definition) is 1. The number of aryl methyl sites for hydroxylation is 2. The molecule has 0 aromatic carbocycles. The molecular weight excluding hydrogens is 410 g/mol. The van der Waals surface area contributed by atoms with E-state index in [0.717, 1.165) is 36.5 Å². The van der Waals surface area contributed by atoms with Gasteiger partial charge in [-0.05, 0) is 47.5 Å². The van der Waals surface area contributed by atoms with Crippen LogP contribution in [0.5, 0.6) is 5.88 Å². The van der Waals surface area contributed by atoms with E-state index in [1.54, 1.807) is 0 Å². The number of amides is 1. The van der Waals surface area contributed by atoms with Gasteiger partial charge in [0, 0.05) is 31.7 Å². The summed E-state index contributed by atoms with van der Waals surface area (Å²) in [6, 6.07) is 0.00834. The average molecular weight is 442 g/mol. The highest BCUT2D eigenvalue weighted by atomic mass is 16.6. The van der Waals surface area contributed by atoms with E-state index in [0.29, 0.717) is 23.5 Å². The number of rotatable bonds is 5. The molecule has 3 aromatic rings. The Labute approximate surface area is 187 Å². The third kappa shape index (κ3) is 4.39. The Morgan fingerprint density at radius 2 is 2.06 bits per heavy atom. The molecule has 32 heavy (non-hydrogen) atoms. The third-order valence-corrected chi connectivity index (χ3v) is 5.65. The first kappa shape index (κ1) is 22.0. The number of hydrogen-bond acceptors (Lipinski definition) is 7. The molecule has 1 aliphatic carbocycles. The number of nitrogens with one attached hydrogen (secondary N) is 1. The second kappa shape index (κ2) is 8.40. The molecule has 0 spiro atoms. The van der Waals surface area contributed by atoms with E-state index in [1.165, 1.54) is 6.33 Å². The van der Waals surface area contributed by atoms with Gasteiger partial charge in [0.1, 0.15) is 23.9 Å². The van der Waals surface area contributed by atoms with Gasteiger partial charge in [0.15, 0.2) is 11.2 Å². The molecule has 0 radical (unpaired) electrons. The van der Waals surface area contributed by atoms with Crippen molar-refractivity contribution in [2.45, 2.75) is 78.2 Å². The molecule has 3 aromatic heterocycles. The molecule has 172 valence electrons. The Morgan fingerprint density at radius 1 is 1.28 bits per heavy atom. The lowest BCUT2D eigenvalue weighted by atomic mass is 10.2. The Bertz CT molecular complexity index is 1130. The van der Waals surface area contributed by atoms with Gasteiger partial charge in [-0.3, -0.25) is 4.68 Å². The standard InChI is InChI=1S/C22H31N7O3/c1-7-29-13(2)16(11-25-29)18-27-17-19(28(18)6)23-12-24-20(17)31-15-9-8-14(10-15)26-21(30)32-22(3,4)5/h11-12,14-15H,7-10H2,1-6H3,(H,26,30). The van der Waals surface area contributed by atoms with Crippen molar-refractivity contribution in [3.8, 4) is 17.3 Å². The zero-order valence-electron chi connectivity index (χ0n) is 19.5. The fourth-order valence-corrected chi connectivity index (χ4v) is 4.10. The van der Waals surface area contributed by atoms with Crippen LogP contribution in [0, 0.1) is 6.92 Å². The Balaban J connectivity index is 1.51. The molecule has 1 aliphatic rings. The molecule has 1 saturated carbocycles. The van der Waals surface area contributed by atoms with Crippen LogP contribution in [0.2, 0.25) is 0 Å². The molecule has 2 atom stereocenters. The molecule has 10 nitrogen and oxygen atoms in total. The largest absolute Gasteiger partial charge is 0.473 e. The van der Waals surface area contributed by atoms with Crippen LogP contribution in [-0.4, -0.2) is 53.1 Å². The van der Waals surface area contributed by atoms with E-state index in [4.69, 9.17) is 14.5 Å². The molecule has 0 bridgehead atoms. The minimum Gasteiger partial charge on any atom is -0.473 e. The number of alkyl carbamates (subject to hydrolysis) is 1. The zero-order valence-corrected chi connectivity index (χ0v) is 19.5. The highest BCUT2D eigenvalue weighted by Gasteiger charge is 2.30. The minimum absolute atomic E-state index is 0.00834. The SMILES string of the molecule is CCn1ncc(-c2nc3c(OC4CCC(NC(=O)OC(C)(C)C)C4)ncnc3n2C)c1C. The van der Waals surface area contributed by atoms with Crippen molar-refractivity contribution in [2.24, 2.45) is 7.05 Å². The first-order valence-electron chi connectivity index (χ1n) is 11.0. The van der Waals surface area contributed by atoms with Gasteiger partial charge < -0.3 is 19.4 Å². The Morgan fingerprint density at radius 3 is 2.75 bits per heavy atom. The van der Waals surface area contributed by atoms with Crippen molar-refractivity contribution in [1.82, 2.24) is 34.6 Å². The second-order valence-corrected chi connectivity index (χ2v) is 9.20. The van der Waals surface area contributed by atoms with Crippen LogP contribution < -0.4 is 10.1 Å². The molecule has 0 aliphatic heterocycles. The molecule has 0 saturated heterocycles. The molecule has 1 amide bonds. The van der Waals surface area contributed by atoms with Crippen LogP contribution in [0.15, 0.2) is 12.5 Å². The number of carbonyl (C=O) groups is 1. The summed E-state index contributed by atoms with van der Waals surface area (Å²) < 4.78 is 15.5. The average Bonchev–Trinajstić information content (AvgIpc) is 3.39. The van der Waals surface area contributed by atoms with Crippen molar-refractivity contribution in [1.29, 1.82) is 0 Å². The van der Waals surface area contributed by atoms with Crippen molar-refractivity contribution in [3.63, 3.8) is 0 Å². The lowest BCUT2D eigenvalue weighted by Crippen LogP contribution is -2.38. The van der Waals surface area contributed by atoms with Gasteiger partial charge in [0.25, 0.3) is 0 Å². The topological polar surface area (TPSA) is 109 Å². The van der Waals surface area contributed by atoms with Crippen molar-refractivity contribution < 1.29 is 14.3 Å². The van der Waals surface area contributed by atoms with E-state index in [2.05, 4.69) is 27.3 Å². The quantitative estimate of drug-likeness (QED) is 0.646. The maximum absolute atomic E-state index is 12.1. The van der Waals surface area contributed by atoms with Gasteiger partial charge in [-0.15, -0.1) is 0 Å². The number of ether oxygens (including phenoxy) is 2. The first-order chi connectivity index (χ1) is 15.2. The number of imidazole rings is 1. The number of nitrogens with zero attached hydrogens (tertiary/aromatic N) is 6. The summed E-state index contributed by atoms with van der Waals surface area (Å²) in [6.07, 6.45) is 5.18. The first-order valence-corrected chi connectivity index (χ1v) is 11.0. The van der Waals surface area contributed by atoms with Gasteiger partial charge in [-0.1, -0.05) is 0 Å².